The van der Waals surface area contributed by atoms with E-state index < -0.39 is 0 Å². The van der Waals surface area contributed by atoms with Gasteiger partial charge in [0.05, 0.1) is 36.4 Å². The molecule has 1 aliphatic heterocycles. The summed E-state index contributed by atoms with van der Waals surface area (Å²) in [6.07, 6.45) is 6.88. The lowest BCUT2D eigenvalue weighted by Gasteiger charge is -2.31. The normalized spacial score (nSPS) is 18.6. The van der Waals surface area contributed by atoms with Crippen LogP contribution in [0.4, 0.5) is 16.3 Å². The summed E-state index contributed by atoms with van der Waals surface area (Å²) in [5.74, 6) is 1.45. The van der Waals surface area contributed by atoms with Crippen molar-refractivity contribution in [1.29, 1.82) is 0 Å². The predicted molar refractivity (Wildman–Crippen MR) is 163 cm³/mol. The Kier molecular flexibility index (Phi) is 8.21. The quantitative estimate of drug-likeness (QED) is 0.227. The molecule has 3 aromatic carbocycles. The molecule has 214 valence electrons. The number of rotatable bonds is 8. The van der Waals surface area contributed by atoms with E-state index in [1.54, 1.807) is 0 Å². The number of nitrogens with one attached hydrogen (secondary N) is 3. The molecular formula is C33H39N5O3. The number of benzene rings is 3. The van der Waals surface area contributed by atoms with Gasteiger partial charge in [0.1, 0.15) is 11.6 Å². The molecule has 1 atom stereocenters. The highest BCUT2D eigenvalue weighted by Crippen LogP contribution is 2.39. The van der Waals surface area contributed by atoms with Crippen molar-refractivity contribution in [2.45, 2.75) is 57.0 Å². The van der Waals surface area contributed by atoms with Crippen molar-refractivity contribution in [3.8, 4) is 11.4 Å². The maximum absolute atomic E-state index is 13.4. The van der Waals surface area contributed by atoms with E-state index in [9.17, 15) is 4.79 Å². The third kappa shape index (κ3) is 6.24. The van der Waals surface area contributed by atoms with Gasteiger partial charge in [-0.05, 0) is 37.1 Å². The molecular weight excluding hydrogens is 514 g/mol. The Morgan fingerprint density at radius 1 is 1.02 bits per heavy atom. The standard InChI is InChI=1S/C33H39N5O3/c1-33(17-8-3-9-18-33)30-22-31(38(37-30)24-10-4-2-5-11-24)36-32(39)35-28-14-15-29(27-13-7-6-12-26(27)28)41-20-16-25-23-34-19-21-40-25/h2,4-7,10-15,22,25,34H,3,8-9,16-21,23H2,1H3,(H2,35,36,39). The van der Waals surface area contributed by atoms with Crippen molar-refractivity contribution >= 4 is 28.3 Å². The summed E-state index contributed by atoms with van der Waals surface area (Å²) in [5.41, 5.74) is 2.67. The van der Waals surface area contributed by atoms with E-state index in [1.165, 1.54) is 19.3 Å². The Bertz CT molecular complexity index is 1470. The minimum Gasteiger partial charge on any atom is -0.493 e. The Balaban J connectivity index is 1.20. The van der Waals surface area contributed by atoms with Crippen molar-refractivity contribution in [2.75, 3.05) is 36.9 Å². The zero-order valence-corrected chi connectivity index (χ0v) is 23.7. The number of anilines is 2. The van der Waals surface area contributed by atoms with Crippen molar-refractivity contribution < 1.29 is 14.3 Å². The first-order valence-electron chi connectivity index (χ1n) is 14.8. The molecule has 6 rings (SSSR count). The molecule has 8 heteroatoms. The van der Waals surface area contributed by atoms with Gasteiger partial charge in [-0.25, -0.2) is 9.48 Å². The topological polar surface area (TPSA) is 89.4 Å². The summed E-state index contributed by atoms with van der Waals surface area (Å²) < 4.78 is 13.8. The summed E-state index contributed by atoms with van der Waals surface area (Å²) in [4.78, 5) is 13.4. The molecule has 41 heavy (non-hydrogen) atoms. The number of urea groups is 1. The Morgan fingerprint density at radius 2 is 1.80 bits per heavy atom. The van der Waals surface area contributed by atoms with E-state index in [1.807, 2.05) is 77.5 Å². The van der Waals surface area contributed by atoms with Crippen LogP contribution >= 0.6 is 0 Å². The van der Waals surface area contributed by atoms with Gasteiger partial charge in [0, 0.05) is 41.8 Å². The van der Waals surface area contributed by atoms with Crippen LogP contribution in [0.5, 0.6) is 5.75 Å². The van der Waals surface area contributed by atoms with Gasteiger partial charge in [0.25, 0.3) is 0 Å². The number of hydrogen-bond donors (Lipinski definition) is 3. The number of ether oxygens (including phenoxy) is 2. The molecule has 1 aromatic heterocycles. The van der Waals surface area contributed by atoms with Gasteiger partial charge < -0.3 is 20.1 Å². The van der Waals surface area contributed by atoms with Crippen LogP contribution in [-0.4, -0.2) is 48.2 Å². The van der Waals surface area contributed by atoms with Gasteiger partial charge in [-0.1, -0.05) is 68.7 Å². The van der Waals surface area contributed by atoms with Crippen LogP contribution in [0.2, 0.25) is 0 Å². The number of nitrogens with zero attached hydrogens (tertiary/aromatic N) is 2. The van der Waals surface area contributed by atoms with Crippen LogP contribution in [0, 0.1) is 0 Å². The molecule has 1 saturated heterocycles. The van der Waals surface area contributed by atoms with Crippen LogP contribution in [0.3, 0.4) is 0 Å². The number of amides is 2. The number of hydrogen-bond acceptors (Lipinski definition) is 5. The van der Waals surface area contributed by atoms with Crippen molar-refractivity contribution in [3.63, 3.8) is 0 Å². The SMILES string of the molecule is CC1(c2cc(NC(=O)Nc3ccc(OCCC4CNCCO4)c4ccccc34)n(-c3ccccc3)n2)CCCCC1. The maximum atomic E-state index is 13.4. The lowest BCUT2D eigenvalue weighted by atomic mass is 9.73. The number of carbonyl (C=O) groups excluding carboxylic acids is 1. The van der Waals surface area contributed by atoms with Crippen LogP contribution in [0.1, 0.15) is 51.1 Å². The number of morpholine rings is 1. The van der Waals surface area contributed by atoms with E-state index in [0.717, 1.165) is 72.5 Å². The molecule has 2 aliphatic rings. The van der Waals surface area contributed by atoms with E-state index in [-0.39, 0.29) is 17.6 Å². The minimum absolute atomic E-state index is 0.0108. The minimum atomic E-state index is -0.316. The van der Waals surface area contributed by atoms with E-state index in [2.05, 4.69) is 22.9 Å². The smallest absolute Gasteiger partial charge is 0.324 e. The first-order chi connectivity index (χ1) is 20.1. The zero-order chi connectivity index (χ0) is 28.1. The van der Waals surface area contributed by atoms with Crippen molar-refractivity contribution in [3.05, 3.63) is 78.5 Å². The molecule has 1 aliphatic carbocycles. The summed E-state index contributed by atoms with van der Waals surface area (Å²) in [6, 6.07) is 23.5. The average Bonchev–Trinajstić information content (AvgIpc) is 3.44. The first-order valence-corrected chi connectivity index (χ1v) is 14.8. The lowest BCUT2D eigenvalue weighted by molar-refractivity contribution is 0.0160. The average molecular weight is 554 g/mol. The Hall–Kier alpha value is -3.88. The maximum Gasteiger partial charge on any atom is 0.324 e. The van der Waals surface area contributed by atoms with Gasteiger partial charge in [-0.3, -0.25) is 5.32 Å². The molecule has 2 heterocycles. The lowest BCUT2D eigenvalue weighted by Crippen LogP contribution is -2.39. The van der Waals surface area contributed by atoms with Crippen LogP contribution in [0.15, 0.2) is 72.8 Å². The van der Waals surface area contributed by atoms with Gasteiger partial charge >= 0.3 is 6.03 Å². The summed E-state index contributed by atoms with van der Waals surface area (Å²) in [6.45, 7) is 5.35. The van der Waals surface area contributed by atoms with Crippen LogP contribution in [-0.2, 0) is 10.2 Å². The van der Waals surface area contributed by atoms with Crippen molar-refractivity contribution in [2.24, 2.45) is 0 Å². The molecule has 2 fully saturated rings. The monoisotopic (exact) mass is 553 g/mol. The largest absolute Gasteiger partial charge is 0.493 e. The Labute approximate surface area is 241 Å². The second-order valence-corrected chi connectivity index (χ2v) is 11.4. The number of para-hydroxylation sites is 1. The first kappa shape index (κ1) is 27.3. The van der Waals surface area contributed by atoms with E-state index in [0.29, 0.717) is 12.4 Å². The number of fused-ring (bicyclic) bond motifs is 1. The Morgan fingerprint density at radius 3 is 2.59 bits per heavy atom. The van der Waals surface area contributed by atoms with Gasteiger partial charge in [-0.15, -0.1) is 0 Å². The second kappa shape index (κ2) is 12.3. The molecule has 0 bridgehead atoms. The number of carbonyl (C=O) groups is 1. The van der Waals surface area contributed by atoms with Gasteiger partial charge in [-0.2, -0.15) is 5.10 Å². The predicted octanol–water partition coefficient (Wildman–Crippen LogP) is 6.65. The fourth-order valence-corrected chi connectivity index (χ4v) is 6.00. The third-order valence-corrected chi connectivity index (χ3v) is 8.36. The molecule has 1 unspecified atom stereocenters. The van der Waals surface area contributed by atoms with Crippen LogP contribution < -0.4 is 20.7 Å². The molecule has 3 N–H and O–H groups in total. The molecule has 0 radical (unpaired) electrons. The van der Waals surface area contributed by atoms with E-state index >= 15 is 0 Å². The molecule has 1 saturated carbocycles. The highest BCUT2D eigenvalue weighted by molar-refractivity contribution is 6.07. The summed E-state index contributed by atoms with van der Waals surface area (Å²) in [5, 5.41) is 16.4. The molecule has 4 aromatic rings. The molecule has 2 amide bonds. The second-order valence-electron chi connectivity index (χ2n) is 11.4. The van der Waals surface area contributed by atoms with Gasteiger partial charge in [0.15, 0.2) is 0 Å². The third-order valence-electron chi connectivity index (χ3n) is 8.36. The zero-order valence-electron chi connectivity index (χ0n) is 23.7. The summed E-state index contributed by atoms with van der Waals surface area (Å²) in [7, 11) is 0. The molecule has 0 spiro atoms. The van der Waals surface area contributed by atoms with Crippen molar-refractivity contribution in [1.82, 2.24) is 15.1 Å². The summed E-state index contributed by atoms with van der Waals surface area (Å²) >= 11 is 0. The van der Waals surface area contributed by atoms with Crippen LogP contribution in [0.25, 0.3) is 16.5 Å². The highest BCUT2D eigenvalue weighted by Gasteiger charge is 2.32. The fourth-order valence-electron chi connectivity index (χ4n) is 6.00. The highest BCUT2D eigenvalue weighted by atomic mass is 16.5. The number of aromatic nitrogens is 2. The molecule has 8 nitrogen and oxygen atoms in total. The van der Waals surface area contributed by atoms with Gasteiger partial charge in [0.2, 0.25) is 0 Å². The fraction of sp³-hybridized carbons (Fsp3) is 0.394. The van der Waals surface area contributed by atoms with E-state index in [4.69, 9.17) is 14.6 Å².